The predicted molar refractivity (Wildman–Crippen MR) is 65.1 cm³/mol. The van der Waals surface area contributed by atoms with Crippen LogP contribution in [0.1, 0.15) is 31.2 Å². The van der Waals surface area contributed by atoms with E-state index in [-0.39, 0.29) is 5.97 Å². The Morgan fingerprint density at radius 2 is 2.18 bits per heavy atom. The summed E-state index contributed by atoms with van der Waals surface area (Å²) in [6, 6.07) is 3.86. The van der Waals surface area contributed by atoms with Crippen LogP contribution < -0.4 is 4.74 Å². The Kier molecular flexibility index (Phi) is 5.46. The number of aryl methyl sites for hydroxylation is 2. The van der Waals surface area contributed by atoms with E-state index < -0.39 is 0 Å². The number of ether oxygens (including phenoxy) is 2. The van der Waals surface area contributed by atoms with Crippen molar-refractivity contribution in [3.05, 3.63) is 23.5 Å². The second kappa shape index (κ2) is 6.89. The molecule has 0 bridgehead atoms. The van der Waals surface area contributed by atoms with Crippen LogP contribution in [-0.2, 0) is 16.0 Å². The zero-order valence-electron chi connectivity index (χ0n) is 10.7. The van der Waals surface area contributed by atoms with E-state index in [2.05, 4.69) is 9.72 Å². The molecule has 0 amide bonds. The van der Waals surface area contributed by atoms with Crippen LogP contribution in [0, 0.1) is 6.92 Å². The summed E-state index contributed by atoms with van der Waals surface area (Å²) in [6.07, 6.45) is 1.88. The zero-order chi connectivity index (χ0) is 12.7. The van der Waals surface area contributed by atoms with Crippen molar-refractivity contribution in [2.75, 3.05) is 13.7 Å². The molecule has 0 radical (unpaired) electrons. The Morgan fingerprint density at radius 1 is 1.41 bits per heavy atom. The van der Waals surface area contributed by atoms with Crippen molar-refractivity contribution in [3.63, 3.8) is 0 Å². The van der Waals surface area contributed by atoms with Crippen LogP contribution in [0.15, 0.2) is 12.1 Å². The Morgan fingerprint density at radius 3 is 2.82 bits per heavy atom. The predicted octanol–water partition coefficient (Wildman–Crippen LogP) is 2.28. The van der Waals surface area contributed by atoms with Crippen LogP contribution in [0.25, 0.3) is 0 Å². The molecule has 17 heavy (non-hydrogen) atoms. The van der Waals surface area contributed by atoms with E-state index >= 15 is 0 Å². The highest BCUT2D eigenvalue weighted by molar-refractivity contribution is 5.69. The molecule has 0 saturated carbocycles. The SMILES string of the molecule is CCc1nc(C)ccc1OCCCC(=O)OC. The van der Waals surface area contributed by atoms with Crippen LogP contribution in [0.2, 0.25) is 0 Å². The number of rotatable bonds is 6. The lowest BCUT2D eigenvalue weighted by Gasteiger charge is -2.09. The molecule has 1 heterocycles. The first-order valence-corrected chi connectivity index (χ1v) is 5.83. The zero-order valence-corrected chi connectivity index (χ0v) is 10.7. The van der Waals surface area contributed by atoms with Crippen molar-refractivity contribution in [1.29, 1.82) is 0 Å². The van der Waals surface area contributed by atoms with Crippen molar-refractivity contribution < 1.29 is 14.3 Å². The highest BCUT2D eigenvalue weighted by Crippen LogP contribution is 2.17. The molecule has 0 N–H and O–H groups in total. The number of hydrogen-bond donors (Lipinski definition) is 0. The standard InChI is InChI=1S/C13H19NO3/c1-4-11-12(8-7-10(2)14-11)17-9-5-6-13(15)16-3/h7-8H,4-6,9H2,1-3H3. The maximum absolute atomic E-state index is 10.9. The molecular weight excluding hydrogens is 218 g/mol. The van der Waals surface area contributed by atoms with Crippen LogP contribution in [0.5, 0.6) is 5.75 Å². The van der Waals surface area contributed by atoms with E-state index in [0.717, 1.165) is 23.6 Å². The van der Waals surface area contributed by atoms with Gasteiger partial charge in [-0.25, -0.2) is 0 Å². The molecule has 1 rings (SSSR count). The largest absolute Gasteiger partial charge is 0.492 e. The number of hydrogen-bond acceptors (Lipinski definition) is 4. The quantitative estimate of drug-likeness (QED) is 0.562. The third-order valence-electron chi connectivity index (χ3n) is 2.42. The van der Waals surface area contributed by atoms with Gasteiger partial charge in [0.1, 0.15) is 5.75 Å². The fourth-order valence-electron chi connectivity index (χ4n) is 1.48. The molecule has 0 aromatic carbocycles. The molecule has 0 aliphatic rings. The first-order chi connectivity index (χ1) is 8.17. The van der Waals surface area contributed by atoms with Gasteiger partial charge in [0.15, 0.2) is 0 Å². The average Bonchev–Trinajstić information content (AvgIpc) is 2.35. The first-order valence-electron chi connectivity index (χ1n) is 5.83. The summed E-state index contributed by atoms with van der Waals surface area (Å²) in [5.41, 5.74) is 1.95. The second-order valence-corrected chi connectivity index (χ2v) is 3.78. The molecule has 4 nitrogen and oxygen atoms in total. The second-order valence-electron chi connectivity index (χ2n) is 3.78. The number of pyridine rings is 1. The molecule has 0 aliphatic heterocycles. The lowest BCUT2D eigenvalue weighted by molar-refractivity contribution is -0.140. The molecule has 0 spiro atoms. The summed E-state index contributed by atoms with van der Waals surface area (Å²) >= 11 is 0. The Hall–Kier alpha value is -1.58. The van der Waals surface area contributed by atoms with E-state index in [1.54, 1.807) is 0 Å². The van der Waals surface area contributed by atoms with Gasteiger partial charge in [-0.15, -0.1) is 0 Å². The molecule has 94 valence electrons. The summed E-state index contributed by atoms with van der Waals surface area (Å²) in [7, 11) is 1.39. The minimum atomic E-state index is -0.202. The smallest absolute Gasteiger partial charge is 0.305 e. The van der Waals surface area contributed by atoms with Gasteiger partial charge in [0.25, 0.3) is 0 Å². The third-order valence-corrected chi connectivity index (χ3v) is 2.42. The van der Waals surface area contributed by atoms with Crippen molar-refractivity contribution in [1.82, 2.24) is 4.98 Å². The molecule has 1 aromatic heterocycles. The number of esters is 1. The molecular formula is C13H19NO3. The van der Waals surface area contributed by atoms with Gasteiger partial charge >= 0.3 is 5.97 Å². The van der Waals surface area contributed by atoms with E-state index in [1.165, 1.54) is 7.11 Å². The molecule has 0 unspecified atom stereocenters. The average molecular weight is 237 g/mol. The van der Waals surface area contributed by atoms with Crippen LogP contribution in [0.3, 0.4) is 0 Å². The fourth-order valence-corrected chi connectivity index (χ4v) is 1.48. The summed E-state index contributed by atoms with van der Waals surface area (Å²) in [5.74, 6) is 0.606. The number of methoxy groups -OCH3 is 1. The summed E-state index contributed by atoms with van der Waals surface area (Å²) in [5, 5.41) is 0. The van der Waals surface area contributed by atoms with Crippen molar-refractivity contribution in [2.24, 2.45) is 0 Å². The van der Waals surface area contributed by atoms with E-state index in [1.807, 2.05) is 26.0 Å². The monoisotopic (exact) mass is 237 g/mol. The van der Waals surface area contributed by atoms with E-state index in [9.17, 15) is 4.79 Å². The molecule has 0 fully saturated rings. The lowest BCUT2D eigenvalue weighted by Crippen LogP contribution is -2.06. The molecule has 0 saturated heterocycles. The summed E-state index contributed by atoms with van der Waals surface area (Å²) < 4.78 is 10.2. The molecule has 1 aromatic rings. The summed E-state index contributed by atoms with van der Waals surface area (Å²) in [6.45, 7) is 4.51. The van der Waals surface area contributed by atoms with Gasteiger partial charge in [-0.2, -0.15) is 0 Å². The third kappa shape index (κ3) is 4.43. The van der Waals surface area contributed by atoms with Gasteiger partial charge < -0.3 is 9.47 Å². The van der Waals surface area contributed by atoms with E-state index in [4.69, 9.17) is 4.74 Å². The molecule has 4 heteroatoms. The van der Waals surface area contributed by atoms with Gasteiger partial charge in [0.05, 0.1) is 19.4 Å². The highest BCUT2D eigenvalue weighted by Gasteiger charge is 2.05. The number of nitrogens with zero attached hydrogens (tertiary/aromatic N) is 1. The van der Waals surface area contributed by atoms with Gasteiger partial charge in [0, 0.05) is 12.1 Å². The van der Waals surface area contributed by atoms with Gasteiger partial charge in [-0.3, -0.25) is 9.78 Å². The molecule has 0 atom stereocenters. The maximum atomic E-state index is 10.9. The van der Waals surface area contributed by atoms with Crippen molar-refractivity contribution >= 4 is 5.97 Å². The van der Waals surface area contributed by atoms with Crippen molar-refractivity contribution in [3.8, 4) is 5.75 Å². The van der Waals surface area contributed by atoms with E-state index in [0.29, 0.717) is 19.4 Å². The van der Waals surface area contributed by atoms with Crippen LogP contribution in [0.4, 0.5) is 0 Å². The minimum absolute atomic E-state index is 0.202. The summed E-state index contributed by atoms with van der Waals surface area (Å²) in [4.78, 5) is 15.3. The fraction of sp³-hybridized carbons (Fsp3) is 0.538. The number of carbonyl (C=O) groups is 1. The van der Waals surface area contributed by atoms with Crippen LogP contribution in [-0.4, -0.2) is 24.7 Å². The Bertz CT molecular complexity index is 377. The highest BCUT2D eigenvalue weighted by atomic mass is 16.5. The number of aromatic nitrogens is 1. The molecule has 0 aliphatic carbocycles. The normalized spacial score (nSPS) is 10.1. The van der Waals surface area contributed by atoms with Gasteiger partial charge in [-0.05, 0) is 31.9 Å². The topological polar surface area (TPSA) is 48.4 Å². The Labute approximate surface area is 102 Å². The minimum Gasteiger partial charge on any atom is -0.492 e. The Balaban J connectivity index is 2.43. The first kappa shape index (κ1) is 13.5. The van der Waals surface area contributed by atoms with Gasteiger partial charge in [0.2, 0.25) is 0 Å². The lowest BCUT2D eigenvalue weighted by atomic mass is 10.2. The van der Waals surface area contributed by atoms with Gasteiger partial charge in [-0.1, -0.05) is 6.92 Å². The van der Waals surface area contributed by atoms with Crippen LogP contribution >= 0.6 is 0 Å². The van der Waals surface area contributed by atoms with Crippen molar-refractivity contribution in [2.45, 2.75) is 33.1 Å². The maximum Gasteiger partial charge on any atom is 0.305 e. The number of carbonyl (C=O) groups excluding carboxylic acids is 1.